The van der Waals surface area contributed by atoms with Gasteiger partial charge in [-0.2, -0.15) is 5.26 Å². The Hall–Kier alpha value is -2.54. The zero-order valence-corrected chi connectivity index (χ0v) is 10.4. The van der Waals surface area contributed by atoms with E-state index < -0.39 is 0 Å². The first-order valence-electron chi connectivity index (χ1n) is 5.67. The van der Waals surface area contributed by atoms with Crippen LogP contribution in [0.3, 0.4) is 0 Å². The SMILES string of the molecule is CC.N#Cc1ccc(Oc2ccc(N)nc2)cc1. The number of aromatic nitrogens is 1. The summed E-state index contributed by atoms with van der Waals surface area (Å²) in [5.74, 6) is 1.72. The van der Waals surface area contributed by atoms with Crippen LogP contribution < -0.4 is 10.5 Å². The standard InChI is InChI=1S/C12H9N3O.C2H6/c13-7-9-1-3-10(4-2-9)16-11-5-6-12(14)15-8-11;1-2/h1-6,8H,(H2,14,15);1-2H3. The first-order valence-corrected chi connectivity index (χ1v) is 5.67. The van der Waals surface area contributed by atoms with Crippen LogP contribution in [0.2, 0.25) is 0 Å². The van der Waals surface area contributed by atoms with Gasteiger partial charge in [0, 0.05) is 0 Å². The predicted octanol–water partition coefficient (Wildman–Crippen LogP) is 3.35. The summed E-state index contributed by atoms with van der Waals surface area (Å²) in [5.41, 5.74) is 6.06. The van der Waals surface area contributed by atoms with E-state index in [0.717, 1.165) is 0 Å². The molecule has 0 fully saturated rings. The average molecular weight is 241 g/mol. The fraction of sp³-hybridized carbons (Fsp3) is 0.143. The van der Waals surface area contributed by atoms with E-state index in [1.807, 2.05) is 19.9 Å². The van der Waals surface area contributed by atoms with Crippen LogP contribution in [0.25, 0.3) is 0 Å². The van der Waals surface area contributed by atoms with Crippen LogP contribution in [0, 0.1) is 11.3 Å². The van der Waals surface area contributed by atoms with Crippen LogP contribution in [-0.2, 0) is 0 Å². The minimum atomic E-state index is 0.451. The number of nitrogen functional groups attached to an aromatic ring is 1. The number of pyridine rings is 1. The quantitative estimate of drug-likeness (QED) is 0.875. The average Bonchev–Trinajstić information content (AvgIpc) is 2.44. The molecule has 0 saturated heterocycles. The minimum Gasteiger partial charge on any atom is -0.456 e. The molecule has 18 heavy (non-hydrogen) atoms. The van der Waals surface area contributed by atoms with Crippen LogP contribution in [0.1, 0.15) is 19.4 Å². The smallest absolute Gasteiger partial charge is 0.145 e. The van der Waals surface area contributed by atoms with Gasteiger partial charge in [0.1, 0.15) is 17.3 Å². The molecule has 0 aliphatic carbocycles. The Balaban J connectivity index is 0.000000771. The van der Waals surface area contributed by atoms with Gasteiger partial charge < -0.3 is 10.5 Å². The molecule has 4 heteroatoms. The van der Waals surface area contributed by atoms with Crippen LogP contribution in [0.15, 0.2) is 42.6 Å². The van der Waals surface area contributed by atoms with Crippen molar-refractivity contribution in [1.82, 2.24) is 4.98 Å². The number of nitriles is 1. The van der Waals surface area contributed by atoms with Gasteiger partial charge in [-0.3, -0.25) is 0 Å². The van der Waals surface area contributed by atoms with Crippen molar-refractivity contribution in [3.8, 4) is 17.6 Å². The van der Waals surface area contributed by atoms with E-state index in [1.54, 1.807) is 42.6 Å². The molecular formula is C14H15N3O. The van der Waals surface area contributed by atoms with Gasteiger partial charge in [-0.05, 0) is 36.4 Å². The molecule has 1 aromatic heterocycles. The molecule has 0 saturated carbocycles. The van der Waals surface area contributed by atoms with Gasteiger partial charge >= 0.3 is 0 Å². The van der Waals surface area contributed by atoms with Crippen molar-refractivity contribution >= 4 is 5.82 Å². The summed E-state index contributed by atoms with van der Waals surface area (Å²) < 4.78 is 5.51. The molecule has 2 aromatic rings. The van der Waals surface area contributed by atoms with Crippen LogP contribution in [0.4, 0.5) is 5.82 Å². The molecule has 1 aromatic carbocycles. The maximum absolute atomic E-state index is 8.63. The molecule has 0 aliphatic heterocycles. The number of nitrogens with two attached hydrogens (primary N) is 1. The maximum Gasteiger partial charge on any atom is 0.145 e. The highest BCUT2D eigenvalue weighted by Gasteiger charge is 1.97. The summed E-state index contributed by atoms with van der Waals surface area (Å²) >= 11 is 0. The number of ether oxygens (including phenoxy) is 1. The van der Waals surface area contributed by atoms with Gasteiger partial charge in [0.05, 0.1) is 17.8 Å². The summed E-state index contributed by atoms with van der Waals surface area (Å²) in [6, 6.07) is 12.3. The molecule has 0 aliphatic rings. The Labute approximate surface area is 107 Å². The topological polar surface area (TPSA) is 71.9 Å². The fourth-order valence-corrected chi connectivity index (χ4v) is 1.19. The fourth-order valence-electron chi connectivity index (χ4n) is 1.19. The summed E-state index contributed by atoms with van der Waals surface area (Å²) in [4.78, 5) is 3.91. The number of anilines is 1. The second-order valence-corrected chi connectivity index (χ2v) is 3.16. The second-order valence-electron chi connectivity index (χ2n) is 3.16. The Kier molecular flexibility index (Phi) is 5.20. The van der Waals surface area contributed by atoms with Crippen molar-refractivity contribution in [2.24, 2.45) is 0 Å². The highest BCUT2D eigenvalue weighted by atomic mass is 16.5. The molecule has 2 N–H and O–H groups in total. The van der Waals surface area contributed by atoms with Crippen LogP contribution >= 0.6 is 0 Å². The van der Waals surface area contributed by atoms with Crippen molar-refractivity contribution in [1.29, 1.82) is 5.26 Å². The molecule has 92 valence electrons. The van der Waals surface area contributed by atoms with Crippen LogP contribution in [0.5, 0.6) is 11.5 Å². The molecule has 0 bridgehead atoms. The van der Waals surface area contributed by atoms with Gasteiger partial charge in [-0.25, -0.2) is 4.98 Å². The maximum atomic E-state index is 8.63. The second kappa shape index (κ2) is 6.92. The third-order valence-corrected chi connectivity index (χ3v) is 1.98. The summed E-state index contributed by atoms with van der Waals surface area (Å²) in [6.07, 6.45) is 1.55. The number of benzene rings is 1. The first kappa shape index (κ1) is 13.5. The molecule has 0 unspecified atom stereocenters. The van der Waals surface area contributed by atoms with Gasteiger partial charge in [0.15, 0.2) is 0 Å². The Bertz CT molecular complexity index is 512. The number of nitrogens with zero attached hydrogens (tertiary/aromatic N) is 2. The lowest BCUT2D eigenvalue weighted by Gasteiger charge is -2.04. The van der Waals surface area contributed by atoms with Crippen LogP contribution in [-0.4, -0.2) is 4.98 Å². The van der Waals surface area contributed by atoms with E-state index in [-0.39, 0.29) is 0 Å². The summed E-state index contributed by atoms with van der Waals surface area (Å²) in [5, 5.41) is 8.63. The number of hydrogen-bond donors (Lipinski definition) is 1. The van der Waals surface area contributed by atoms with Gasteiger partial charge in [0.2, 0.25) is 0 Å². The lowest BCUT2D eigenvalue weighted by Crippen LogP contribution is -1.90. The monoisotopic (exact) mass is 241 g/mol. The highest BCUT2D eigenvalue weighted by Crippen LogP contribution is 2.20. The van der Waals surface area contributed by atoms with Gasteiger partial charge in [-0.15, -0.1) is 0 Å². The Morgan fingerprint density at radius 3 is 2.17 bits per heavy atom. The molecule has 4 nitrogen and oxygen atoms in total. The molecule has 0 spiro atoms. The number of rotatable bonds is 2. The first-order chi connectivity index (χ1) is 8.78. The molecule has 2 rings (SSSR count). The minimum absolute atomic E-state index is 0.451. The number of hydrogen-bond acceptors (Lipinski definition) is 4. The zero-order valence-electron chi connectivity index (χ0n) is 10.4. The van der Waals surface area contributed by atoms with E-state index in [0.29, 0.717) is 22.9 Å². The third kappa shape index (κ3) is 3.80. The van der Waals surface area contributed by atoms with E-state index in [2.05, 4.69) is 4.98 Å². The molecule has 0 amide bonds. The van der Waals surface area contributed by atoms with Crippen molar-refractivity contribution in [2.45, 2.75) is 13.8 Å². The normalized spacial score (nSPS) is 8.72. The lowest BCUT2D eigenvalue weighted by molar-refractivity contribution is 0.480. The molecular weight excluding hydrogens is 226 g/mol. The predicted molar refractivity (Wildman–Crippen MR) is 71.2 cm³/mol. The lowest BCUT2D eigenvalue weighted by atomic mass is 10.2. The zero-order chi connectivity index (χ0) is 13.4. The van der Waals surface area contributed by atoms with E-state index in [4.69, 9.17) is 15.7 Å². The van der Waals surface area contributed by atoms with Crippen molar-refractivity contribution in [3.63, 3.8) is 0 Å². The molecule has 1 heterocycles. The largest absolute Gasteiger partial charge is 0.456 e. The van der Waals surface area contributed by atoms with Crippen molar-refractivity contribution in [2.75, 3.05) is 5.73 Å². The molecule has 0 atom stereocenters. The van der Waals surface area contributed by atoms with Gasteiger partial charge in [0.25, 0.3) is 0 Å². The Morgan fingerprint density at radius 1 is 1.06 bits per heavy atom. The van der Waals surface area contributed by atoms with Crippen molar-refractivity contribution < 1.29 is 4.74 Å². The van der Waals surface area contributed by atoms with E-state index in [1.165, 1.54) is 0 Å². The Morgan fingerprint density at radius 2 is 1.67 bits per heavy atom. The van der Waals surface area contributed by atoms with Crippen molar-refractivity contribution in [3.05, 3.63) is 48.2 Å². The molecule has 0 radical (unpaired) electrons. The summed E-state index contributed by atoms with van der Waals surface area (Å²) in [7, 11) is 0. The summed E-state index contributed by atoms with van der Waals surface area (Å²) in [6.45, 7) is 4.00. The third-order valence-electron chi connectivity index (χ3n) is 1.98. The van der Waals surface area contributed by atoms with E-state index in [9.17, 15) is 0 Å². The van der Waals surface area contributed by atoms with E-state index >= 15 is 0 Å². The van der Waals surface area contributed by atoms with Gasteiger partial charge in [-0.1, -0.05) is 13.8 Å². The highest BCUT2D eigenvalue weighted by molar-refractivity contribution is 5.38.